The van der Waals surface area contributed by atoms with Crippen molar-refractivity contribution >= 4 is 11.8 Å². The van der Waals surface area contributed by atoms with Gasteiger partial charge in [-0.15, -0.1) is 0 Å². The number of hydrogen-bond acceptors (Lipinski definition) is 5. The molecule has 5 heterocycles. The molecule has 0 N–H and O–H groups in total. The van der Waals surface area contributed by atoms with Gasteiger partial charge < -0.3 is 19.0 Å². The van der Waals surface area contributed by atoms with Gasteiger partial charge in [-0.25, -0.2) is 0 Å². The monoisotopic (exact) mass is 375 g/mol. The third-order valence-electron chi connectivity index (χ3n) is 6.07. The molecule has 4 saturated heterocycles. The lowest BCUT2D eigenvalue weighted by Gasteiger charge is -2.35. The highest BCUT2D eigenvalue weighted by Crippen LogP contribution is 2.30. The Bertz CT molecular complexity index is 683. The molecule has 2 atom stereocenters. The van der Waals surface area contributed by atoms with E-state index in [0.717, 1.165) is 38.2 Å². The Morgan fingerprint density at radius 2 is 2.04 bits per heavy atom. The number of rotatable bonds is 6. The zero-order chi connectivity index (χ0) is 18.8. The summed E-state index contributed by atoms with van der Waals surface area (Å²) in [5, 5.41) is 0. The summed E-state index contributed by atoms with van der Waals surface area (Å²) >= 11 is 0. The zero-order valence-corrected chi connectivity index (χ0v) is 16.1. The van der Waals surface area contributed by atoms with Gasteiger partial charge in [0.25, 0.3) is 5.91 Å². The Balaban J connectivity index is 1.43. The molecule has 148 valence electrons. The lowest BCUT2D eigenvalue weighted by Crippen LogP contribution is -2.49. The summed E-state index contributed by atoms with van der Waals surface area (Å²) in [6.07, 6.45) is 4.27. The van der Waals surface area contributed by atoms with Crippen LogP contribution in [0.4, 0.5) is 0 Å². The lowest BCUT2D eigenvalue weighted by atomic mass is 9.94. The van der Waals surface area contributed by atoms with Crippen molar-refractivity contribution in [1.29, 1.82) is 0 Å². The van der Waals surface area contributed by atoms with Crippen molar-refractivity contribution in [2.75, 3.05) is 46.4 Å². The van der Waals surface area contributed by atoms with E-state index in [0.29, 0.717) is 32.0 Å². The third kappa shape index (κ3) is 3.89. The number of likely N-dealkylation sites (tertiary alicyclic amines) is 1. The third-order valence-corrected chi connectivity index (χ3v) is 6.07. The minimum Gasteiger partial charge on any atom is -0.455 e. The van der Waals surface area contributed by atoms with E-state index < -0.39 is 0 Å². The fourth-order valence-electron chi connectivity index (χ4n) is 4.58. The number of nitrogens with zero attached hydrogens (tertiary/aromatic N) is 3. The number of hydrogen-bond donors (Lipinski definition) is 0. The van der Waals surface area contributed by atoms with Crippen LogP contribution < -0.4 is 0 Å². The van der Waals surface area contributed by atoms with E-state index in [1.165, 1.54) is 12.8 Å². The van der Waals surface area contributed by atoms with Crippen LogP contribution in [0.3, 0.4) is 0 Å². The summed E-state index contributed by atoms with van der Waals surface area (Å²) in [6, 6.07) is 3.77. The average Bonchev–Trinajstić information content (AvgIpc) is 3.27. The topological polar surface area (TPSA) is 66.2 Å². The zero-order valence-electron chi connectivity index (χ0n) is 16.1. The van der Waals surface area contributed by atoms with Crippen LogP contribution in [0, 0.1) is 5.92 Å². The normalized spacial score (nSPS) is 26.0. The Kier molecular flexibility index (Phi) is 5.50. The van der Waals surface area contributed by atoms with Crippen molar-refractivity contribution in [3.8, 4) is 0 Å². The molecule has 1 aromatic rings. The number of ether oxygens (including phenoxy) is 1. The van der Waals surface area contributed by atoms with Crippen molar-refractivity contribution in [2.45, 2.75) is 38.3 Å². The minimum absolute atomic E-state index is 0.0781. The van der Waals surface area contributed by atoms with Gasteiger partial charge in [-0.05, 0) is 50.9 Å². The smallest absolute Gasteiger partial charge is 0.289 e. The Hall–Kier alpha value is -1.86. The molecular weight excluding hydrogens is 346 g/mol. The summed E-state index contributed by atoms with van der Waals surface area (Å²) in [6.45, 7) is 5.15. The molecule has 1 aromatic heterocycles. The molecular formula is C20H29N3O4. The van der Waals surface area contributed by atoms with Gasteiger partial charge in [0.15, 0.2) is 5.76 Å². The number of methoxy groups -OCH3 is 1. The summed E-state index contributed by atoms with van der Waals surface area (Å²) in [7, 11) is 1.65. The summed E-state index contributed by atoms with van der Waals surface area (Å²) in [5.74, 6) is 1.19. The van der Waals surface area contributed by atoms with Crippen LogP contribution in [0.15, 0.2) is 16.5 Å². The molecule has 4 aliphatic rings. The van der Waals surface area contributed by atoms with Gasteiger partial charge in [0.2, 0.25) is 5.91 Å². The van der Waals surface area contributed by atoms with E-state index in [4.69, 9.17) is 9.15 Å². The number of carbonyl (C=O) groups is 2. The van der Waals surface area contributed by atoms with Crippen molar-refractivity contribution in [1.82, 2.24) is 14.7 Å². The van der Waals surface area contributed by atoms with Gasteiger partial charge >= 0.3 is 0 Å². The molecule has 7 heteroatoms. The van der Waals surface area contributed by atoms with E-state index in [1.807, 2.05) is 15.9 Å². The van der Waals surface area contributed by atoms with Crippen molar-refractivity contribution in [2.24, 2.45) is 5.92 Å². The molecule has 0 radical (unpaired) electrons. The lowest BCUT2D eigenvalue weighted by molar-refractivity contribution is -0.140. The van der Waals surface area contributed by atoms with Crippen LogP contribution in [0.5, 0.6) is 0 Å². The van der Waals surface area contributed by atoms with Gasteiger partial charge in [0.05, 0.1) is 19.1 Å². The maximum absolute atomic E-state index is 13.0. The molecule has 0 aliphatic carbocycles. The molecule has 4 aliphatic heterocycles. The van der Waals surface area contributed by atoms with Gasteiger partial charge in [-0.1, -0.05) is 0 Å². The van der Waals surface area contributed by atoms with E-state index in [9.17, 15) is 9.59 Å². The van der Waals surface area contributed by atoms with Crippen LogP contribution in [0.2, 0.25) is 0 Å². The van der Waals surface area contributed by atoms with Crippen LogP contribution in [-0.4, -0.2) is 79.0 Å². The van der Waals surface area contributed by atoms with Gasteiger partial charge in [-0.3, -0.25) is 14.5 Å². The highest BCUT2D eigenvalue weighted by atomic mass is 16.5. The maximum Gasteiger partial charge on any atom is 0.289 e. The first-order valence-electron chi connectivity index (χ1n) is 10.1. The fraction of sp³-hybridized carbons (Fsp3) is 0.700. The highest BCUT2D eigenvalue weighted by molar-refractivity contribution is 5.92. The molecule has 5 rings (SSSR count). The summed E-state index contributed by atoms with van der Waals surface area (Å²) in [5.41, 5.74) is 0. The second-order valence-corrected chi connectivity index (χ2v) is 7.91. The van der Waals surface area contributed by atoms with Crippen LogP contribution in [0.25, 0.3) is 0 Å². The Morgan fingerprint density at radius 3 is 2.81 bits per heavy atom. The number of carbonyl (C=O) groups excluding carboxylic acids is 2. The van der Waals surface area contributed by atoms with Crippen molar-refractivity contribution < 1.29 is 18.7 Å². The molecule has 0 saturated carbocycles. The molecule has 0 spiro atoms. The Labute approximate surface area is 160 Å². The van der Waals surface area contributed by atoms with E-state index in [1.54, 1.807) is 13.2 Å². The first-order valence-corrected chi connectivity index (χ1v) is 10.1. The number of piperidine rings is 1. The number of furan rings is 1. The standard InChI is InChI=1S/C20H29N3O4/c1-26-11-10-23-16-5-4-15(19(23)24)12-22(13-16)20(25)18-7-6-17(27-18)14-21-8-2-3-9-21/h6-7,15-16H,2-5,8-14H2,1H3/t15-,16+/m0/s1. The minimum atomic E-state index is -0.108. The molecule has 0 unspecified atom stereocenters. The second-order valence-electron chi connectivity index (χ2n) is 7.91. The first kappa shape index (κ1) is 18.5. The van der Waals surface area contributed by atoms with E-state index >= 15 is 0 Å². The predicted molar refractivity (Wildman–Crippen MR) is 99.2 cm³/mol. The van der Waals surface area contributed by atoms with Gasteiger partial charge in [0.1, 0.15) is 5.76 Å². The van der Waals surface area contributed by atoms with Crippen molar-refractivity contribution in [3.05, 3.63) is 23.7 Å². The van der Waals surface area contributed by atoms with Crippen LogP contribution >= 0.6 is 0 Å². The number of fused-ring (bicyclic) bond motifs is 4. The predicted octanol–water partition coefficient (Wildman–Crippen LogP) is 1.58. The molecule has 2 amide bonds. The molecule has 4 fully saturated rings. The second kappa shape index (κ2) is 8.02. The van der Waals surface area contributed by atoms with Crippen LogP contribution in [-0.2, 0) is 16.1 Å². The molecule has 27 heavy (non-hydrogen) atoms. The molecule has 7 nitrogen and oxygen atoms in total. The molecule has 0 aromatic carbocycles. The highest BCUT2D eigenvalue weighted by Gasteiger charge is 2.42. The summed E-state index contributed by atoms with van der Waals surface area (Å²) < 4.78 is 11.0. The van der Waals surface area contributed by atoms with Gasteiger partial charge in [0, 0.05) is 32.8 Å². The quantitative estimate of drug-likeness (QED) is 0.755. The van der Waals surface area contributed by atoms with Gasteiger partial charge in [-0.2, -0.15) is 0 Å². The molecule has 2 bridgehead atoms. The van der Waals surface area contributed by atoms with E-state index in [-0.39, 0.29) is 23.8 Å². The largest absolute Gasteiger partial charge is 0.455 e. The average molecular weight is 375 g/mol. The summed E-state index contributed by atoms with van der Waals surface area (Å²) in [4.78, 5) is 31.8. The number of amides is 2. The first-order chi connectivity index (χ1) is 13.2. The fourth-order valence-corrected chi connectivity index (χ4v) is 4.58. The Morgan fingerprint density at radius 1 is 1.22 bits per heavy atom. The maximum atomic E-state index is 13.0. The van der Waals surface area contributed by atoms with Crippen molar-refractivity contribution in [3.63, 3.8) is 0 Å². The van der Waals surface area contributed by atoms with Crippen LogP contribution in [0.1, 0.15) is 42.0 Å². The van der Waals surface area contributed by atoms with E-state index in [2.05, 4.69) is 4.90 Å². The SMILES string of the molecule is COCCN1C(=O)[C@H]2CC[C@@H]1CN(C(=O)c1ccc(CN3CCCC3)o1)C2.